The van der Waals surface area contributed by atoms with E-state index in [-0.39, 0.29) is 17.4 Å². The second kappa shape index (κ2) is 9.24. The molecule has 0 amide bonds. The van der Waals surface area contributed by atoms with Crippen LogP contribution in [0, 0.1) is 5.82 Å². The third kappa shape index (κ3) is 4.32. The highest BCUT2D eigenvalue weighted by molar-refractivity contribution is 5.49. The fraction of sp³-hybridized carbons (Fsp3) is 0.458. The molecule has 32 heavy (non-hydrogen) atoms. The van der Waals surface area contributed by atoms with E-state index < -0.39 is 0 Å². The predicted octanol–water partition coefficient (Wildman–Crippen LogP) is 3.88. The lowest BCUT2D eigenvalue weighted by Crippen LogP contribution is -2.49. The van der Waals surface area contributed by atoms with Gasteiger partial charge in [-0.3, -0.25) is 4.90 Å². The number of anilines is 1. The van der Waals surface area contributed by atoms with Crippen molar-refractivity contribution in [1.82, 2.24) is 25.1 Å². The summed E-state index contributed by atoms with van der Waals surface area (Å²) in [6, 6.07) is 14.7. The minimum absolute atomic E-state index is 0.237. The third-order valence-electron chi connectivity index (χ3n) is 6.49. The van der Waals surface area contributed by atoms with Gasteiger partial charge in [-0.2, -0.15) is 0 Å². The van der Waals surface area contributed by atoms with Crippen LogP contribution in [0.25, 0.3) is 0 Å². The summed E-state index contributed by atoms with van der Waals surface area (Å²) in [6.07, 6.45) is 0.861. The fourth-order valence-electron chi connectivity index (χ4n) is 4.17. The average Bonchev–Trinajstić information content (AvgIpc) is 3.31. The van der Waals surface area contributed by atoms with Crippen molar-refractivity contribution in [2.24, 2.45) is 0 Å². The van der Waals surface area contributed by atoms with Gasteiger partial charge in [0.25, 0.3) is 0 Å². The minimum atomic E-state index is -0.352. The first-order valence-electron chi connectivity index (χ1n) is 11.1. The summed E-state index contributed by atoms with van der Waals surface area (Å²) >= 11 is 0. The second-order valence-electron chi connectivity index (χ2n) is 8.76. The van der Waals surface area contributed by atoms with Gasteiger partial charge in [-0.25, -0.2) is 9.07 Å². The van der Waals surface area contributed by atoms with Crippen molar-refractivity contribution >= 4 is 5.69 Å². The summed E-state index contributed by atoms with van der Waals surface area (Å²) in [5, 5.41) is 12.7. The molecule has 0 saturated carbocycles. The first-order chi connectivity index (χ1) is 15.4. The molecular weight excluding hydrogens is 407 g/mol. The smallest absolute Gasteiger partial charge is 0.173 e. The van der Waals surface area contributed by atoms with E-state index >= 15 is 0 Å². The first kappa shape index (κ1) is 22.2. The van der Waals surface area contributed by atoms with Gasteiger partial charge in [0.1, 0.15) is 17.6 Å². The largest absolute Gasteiger partial charge is 0.497 e. The van der Waals surface area contributed by atoms with Crippen molar-refractivity contribution < 1.29 is 9.13 Å². The molecule has 1 aliphatic rings. The Morgan fingerprint density at radius 3 is 2.34 bits per heavy atom. The molecule has 0 aliphatic carbocycles. The van der Waals surface area contributed by atoms with Crippen molar-refractivity contribution in [2.75, 3.05) is 38.2 Å². The van der Waals surface area contributed by atoms with Crippen LogP contribution in [0.1, 0.15) is 44.6 Å². The molecule has 4 rings (SSSR count). The van der Waals surface area contributed by atoms with E-state index in [1.807, 2.05) is 28.9 Å². The molecule has 1 aromatic heterocycles. The number of tetrazole rings is 1. The summed E-state index contributed by atoms with van der Waals surface area (Å²) in [4.78, 5) is 4.62. The molecule has 1 fully saturated rings. The van der Waals surface area contributed by atoms with Crippen LogP contribution in [0.15, 0.2) is 48.5 Å². The van der Waals surface area contributed by atoms with E-state index in [9.17, 15) is 4.39 Å². The van der Waals surface area contributed by atoms with Crippen molar-refractivity contribution in [1.29, 1.82) is 0 Å². The number of hydrogen-bond donors (Lipinski definition) is 0. The van der Waals surface area contributed by atoms with E-state index in [0.717, 1.165) is 44.0 Å². The predicted molar refractivity (Wildman–Crippen MR) is 122 cm³/mol. The van der Waals surface area contributed by atoms with Gasteiger partial charge >= 0.3 is 0 Å². The molecule has 0 spiro atoms. The van der Waals surface area contributed by atoms with E-state index in [1.54, 1.807) is 13.2 Å². The highest BCUT2D eigenvalue weighted by Gasteiger charge is 2.35. The third-order valence-corrected chi connectivity index (χ3v) is 6.49. The maximum atomic E-state index is 15.0. The summed E-state index contributed by atoms with van der Waals surface area (Å²) in [5.41, 5.74) is 1.49. The van der Waals surface area contributed by atoms with Crippen molar-refractivity contribution in [3.63, 3.8) is 0 Å². The molecular formula is C24H31FN6O. The summed E-state index contributed by atoms with van der Waals surface area (Å²) in [7, 11) is 1.67. The van der Waals surface area contributed by atoms with E-state index in [0.29, 0.717) is 11.4 Å². The number of aromatic nitrogens is 4. The number of ether oxygens (including phenoxy) is 1. The van der Waals surface area contributed by atoms with Crippen LogP contribution < -0.4 is 9.64 Å². The van der Waals surface area contributed by atoms with Crippen LogP contribution in [0.5, 0.6) is 5.75 Å². The van der Waals surface area contributed by atoms with Gasteiger partial charge in [-0.15, -0.1) is 5.10 Å². The average molecular weight is 439 g/mol. The second-order valence-corrected chi connectivity index (χ2v) is 8.76. The molecule has 1 atom stereocenters. The molecule has 0 radical (unpaired) electrons. The summed E-state index contributed by atoms with van der Waals surface area (Å²) in [5.74, 6) is 1.29. The molecule has 1 aliphatic heterocycles. The van der Waals surface area contributed by atoms with Crippen molar-refractivity contribution in [3.8, 4) is 5.75 Å². The van der Waals surface area contributed by atoms with Gasteiger partial charge < -0.3 is 9.64 Å². The summed E-state index contributed by atoms with van der Waals surface area (Å²) in [6.45, 7) is 9.51. The molecule has 1 unspecified atom stereocenters. The minimum Gasteiger partial charge on any atom is -0.497 e. The molecule has 0 bridgehead atoms. The molecule has 0 N–H and O–H groups in total. The first-order valence-corrected chi connectivity index (χ1v) is 11.1. The molecule has 2 heterocycles. The van der Waals surface area contributed by atoms with Gasteiger partial charge in [0.05, 0.1) is 12.6 Å². The zero-order valence-electron chi connectivity index (χ0n) is 19.2. The normalized spacial score (nSPS) is 16.2. The number of halogens is 1. The molecule has 2 aromatic carbocycles. The Balaban J connectivity index is 1.63. The van der Waals surface area contributed by atoms with E-state index in [1.165, 1.54) is 6.07 Å². The number of methoxy groups -OCH3 is 1. The fourth-order valence-corrected chi connectivity index (χ4v) is 4.17. The molecule has 3 aromatic rings. The SMILES string of the molecule is CCC(C)(C)n1nnnc1C(c1ccccc1F)N1CCN(c2ccc(OC)cc2)CC1. The number of nitrogens with zero attached hydrogens (tertiary/aromatic N) is 6. The van der Waals surface area contributed by atoms with Crippen LogP contribution >= 0.6 is 0 Å². The topological polar surface area (TPSA) is 59.3 Å². The van der Waals surface area contributed by atoms with Gasteiger partial charge in [0.15, 0.2) is 5.82 Å². The lowest BCUT2D eigenvalue weighted by Gasteiger charge is -2.40. The highest BCUT2D eigenvalue weighted by atomic mass is 19.1. The van der Waals surface area contributed by atoms with Crippen LogP contribution in [0.3, 0.4) is 0 Å². The number of rotatable bonds is 7. The van der Waals surface area contributed by atoms with Crippen LogP contribution in [0.4, 0.5) is 10.1 Å². The van der Waals surface area contributed by atoms with Crippen LogP contribution in [-0.2, 0) is 5.54 Å². The van der Waals surface area contributed by atoms with Crippen LogP contribution in [-0.4, -0.2) is 58.4 Å². The Bertz CT molecular complexity index is 1030. The maximum absolute atomic E-state index is 15.0. The van der Waals surface area contributed by atoms with Gasteiger partial charge in [0, 0.05) is 37.4 Å². The number of piperazine rings is 1. The van der Waals surface area contributed by atoms with Gasteiger partial charge in [0.2, 0.25) is 0 Å². The van der Waals surface area contributed by atoms with Gasteiger partial charge in [-0.1, -0.05) is 25.1 Å². The highest BCUT2D eigenvalue weighted by Crippen LogP contribution is 2.33. The Morgan fingerprint density at radius 1 is 1.03 bits per heavy atom. The van der Waals surface area contributed by atoms with Crippen LogP contribution in [0.2, 0.25) is 0 Å². The zero-order valence-corrected chi connectivity index (χ0v) is 19.2. The lowest BCUT2D eigenvalue weighted by atomic mass is 9.98. The Kier molecular flexibility index (Phi) is 6.41. The van der Waals surface area contributed by atoms with Crippen molar-refractivity contribution in [3.05, 3.63) is 65.7 Å². The number of benzene rings is 2. The maximum Gasteiger partial charge on any atom is 0.173 e. The molecule has 7 nitrogen and oxygen atoms in total. The summed E-state index contributed by atoms with van der Waals surface area (Å²) < 4.78 is 22.1. The zero-order chi connectivity index (χ0) is 22.7. The Labute approximate surface area is 188 Å². The Morgan fingerprint density at radius 2 is 1.72 bits per heavy atom. The Hall–Kier alpha value is -3.00. The van der Waals surface area contributed by atoms with E-state index in [4.69, 9.17) is 4.74 Å². The van der Waals surface area contributed by atoms with Crippen molar-refractivity contribution in [2.45, 2.75) is 38.8 Å². The van der Waals surface area contributed by atoms with Gasteiger partial charge in [-0.05, 0) is 61.0 Å². The monoisotopic (exact) mass is 438 g/mol. The number of hydrogen-bond acceptors (Lipinski definition) is 6. The van der Waals surface area contributed by atoms with E-state index in [2.05, 4.69) is 58.2 Å². The standard InChI is InChI=1S/C24H31FN6O/c1-5-24(2,3)31-23(26-27-28-31)22(20-8-6-7-9-21(20)25)30-16-14-29(15-17-30)18-10-12-19(32-4)13-11-18/h6-13,22H,5,14-17H2,1-4H3. The molecule has 170 valence electrons. The molecule has 1 saturated heterocycles. The molecule has 8 heteroatoms. The lowest BCUT2D eigenvalue weighted by molar-refractivity contribution is 0.184. The quantitative estimate of drug-likeness (QED) is 0.558.